The zero-order valence-corrected chi connectivity index (χ0v) is 38.0. The molecule has 0 N–H and O–H groups in total. The molecule has 0 amide bonds. The van der Waals surface area contributed by atoms with Gasteiger partial charge in [0.05, 0.1) is 57.9 Å². The van der Waals surface area contributed by atoms with Gasteiger partial charge in [0.2, 0.25) is 0 Å². The van der Waals surface area contributed by atoms with Gasteiger partial charge >= 0.3 is 25.7 Å². The van der Waals surface area contributed by atoms with Crippen molar-refractivity contribution in [2.45, 2.75) is 136 Å². The average molecular weight is 883 g/mol. The summed E-state index contributed by atoms with van der Waals surface area (Å²) in [5.74, 6) is -0.981. The molecule has 2 aliphatic heterocycles. The molecular formula is C51H65BO12. The van der Waals surface area contributed by atoms with Crippen LogP contribution in [0.2, 0.25) is 0 Å². The number of hydrogen-bond acceptors (Lipinski definition) is 12. The van der Waals surface area contributed by atoms with E-state index in [9.17, 15) is 11.0 Å². The van der Waals surface area contributed by atoms with Crippen molar-refractivity contribution in [3.8, 4) is 0 Å². The van der Waals surface area contributed by atoms with Gasteiger partial charge in [0, 0.05) is 0 Å². The monoisotopic (exact) mass is 882 g/mol. The maximum atomic E-state index is 13.8. The molecule has 10 atom stereocenters. The maximum Gasteiger partial charge on any atom is 0.311 e. The summed E-state index contributed by atoms with van der Waals surface area (Å²) in [6, 6.07) is 38.9. The normalized spacial score (nSPS) is 26.2. The van der Waals surface area contributed by atoms with E-state index in [0.29, 0.717) is 6.42 Å². The third-order valence-corrected chi connectivity index (χ3v) is 10.7. The van der Waals surface area contributed by atoms with E-state index in [2.05, 4.69) is 0 Å². The Morgan fingerprint density at radius 3 is 1.36 bits per heavy atom. The van der Waals surface area contributed by atoms with Crippen molar-refractivity contribution in [1.29, 1.82) is 1.34 Å². The summed E-state index contributed by atoms with van der Waals surface area (Å²) in [7, 11) is 0. The molecule has 6 rings (SSSR count). The van der Waals surface area contributed by atoms with Gasteiger partial charge in [0.25, 0.3) is 0 Å². The first-order chi connectivity index (χ1) is 31.6. The zero-order valence-electron chi connectivity index (χ0n) is 40.0. The van der Waals surface area contributed by atoms with Crippen LogP contribution in [0.3, 0.4) is 0 Å². The van der Waals surface area contributed by atoms with E-state index in [-0.39, 0.29) is 40.7 Å². The number of benzene rings is 4. The van der Waals surface area contributed by atoms with Gasteiger partial charge in [-0.1, -0.05) is 128 Å². The fraction of sp³-hybridized carbons (Fsp3) is 0.490. The van der Waals surface area contributed by atoms with Crippen LogP contribution in [-0.2, 0) is 83.4 Å². The molecule has 0 saturated carbocycles. The molecule has 2 heterocycles. The van der Waals surface area contributed by atoms with Crippen molar-refractivity contribution < 1.29 is 58.3 Å². The molecule has 2 aliphatic rings. The molecule has 2 saturated heterocycles. The van der Waals surface area contributed by atoms with Crippen molar-refractivity contribution in [3.05, 3.63) is 144 Å². The van der Waals surface area contributed by atoms with Crippen molar-refractivity contribution in [3.63, 3.8) is 0 Å². The second kappa shape index (κ2) is 24.6. The Hall–Kier alpha value is -4.60. The fourth-order valence-corrected chi connectivity index (χ4v) is 7.07. The number of carbonyl (C=O) groups is 2. The van der Waals surface area contributed by atoms with Crippen LogP contribution in [0.1, 0.15) is 78.5 Å². The first kappa shape index (κ1) is 47.4. The molecule has 0 spiro atoms. The smallest absolute Gasteiger partial charge is 0.311 e. The van der Waals surface area contributed by atoms with E-state index < -0.39 is 84.5 Å². The van der Waals surface area contributed by atoms with Crippen LogP contribution >= 0.6 is 0 Å². The number of esters is 2. The first-order valence-electron chi connectivity index (χ1n) is 23.0. The first-order valence-corrected chi connectivity index (χ1v) is 21.8. The van der Waals surface area contributed by atoms with Crippen LogP contribution < -0.4 is 0 Å². The minimum absolute atomic E-state index is 0. The van der Waals surface area contributed by atoms with Gasteiger partial charge in [-0.15, -0.1) is 0 Å². The van der Waals surface area contributed by atoms with Gasteiger partial charge in [-0.3, -0.25) is 9.59 Å². The Morgan fingerprint density at radius 2 is 0.953 bits per heavy atom. The molecule has 64 heavy (non-hydrogen) atoms. The Labute approximate surface area is 382 Å². The van der Waals surface area contributed by atoms with Gasteiger partial charge in [0.15, 0.2) is 18.5 Å². The molecule has 0 aliphatic carbocycles. The minimum atomic E-state index is -1.37. The van der Waals surface area contributed by atoms with Crippen LogP contribution in [0.15, 0.2) is 121 Å². The van der Waals surface area contributed by atoms with Gasteiger partial charge in [-0.05, 0) is 70.2 Å². The standard InChI is InChI=1S/C51H64O11.BHO/c1-8-39-42(55-29-35-21-13-9-14-22-35)45(58-32-38-27-19-12-20-28-38)46(62-49(53)51(5,6)7)47(60-39)59-33-40-43(56-30-36-23-15-10-16-24-36)44(57-31-37-25-17-11-18-26-37)41(34-54-40)61-48(52)50(2,3)4;1-2/h9-28,39-47H,8,29-34H2,1-7H3;1H/t39?,40?,41?,42-,43-,44-,45+,46?,47-;/m1./s1/i34D;1D/t34-,39?,40?,41?,42+,43+,44+,45-,46?,47+;/m0.. The molecule has 4 aromatic carbocycles. The quantitative estimate of drug-likeness (QED) is 0.0708. The fourth-order valence-electron chi connectivity index (χ4n) is 7.07. The summed E-state index contributed by atoms with van der Waals surface area (Å²) in [6.45, 7) is 11.9. The van der Waals surface area contributed by atoms with Crippen LogP contribution in [-0.4, -0.2) is 89.3 Å². The number of rotatable bonds is 18. The van der Waals surface area contributed by atoms with Crippen LogP contribution in [0, 0.1) is 10.8 Å². The summed E-state index contributed by atoms with van der Waals surface area (Å²) in [5.41, 5.74) is 1.94. The van der Waals surface area contributed by atoms with Crippen molar-refractivity contribution in [1.82, 2.24) is 0 Å². The number of carbonyl (C=O) groups excluding carboxylic acids is 2. The molecule has 0 bridgehead atoms. The topological polar surface area (TPSA) is 134 Å². The molecular weight excluding hydrogens is 815 g/mol. The largest absolute Gasteiger partial charge is 0.457 e. The van der Waals surface area contributed by atoms with Crippen molar-refractivity contribution in [2.75, 3.05) is 13.2 Å². The van der Waals surface area contributed by atoms with E-state index in [4.69, 9.17) is 48.7 Å². The van der Waals surface area contributed by atoms with Crippen LogP contribution in [0.4, 0.5) is 0 Å². The number of ether oxygens (including phenoxy) is 9. The van der Waals surface area contributed by atoms with Crippen molar-refractivity contribution in [2.24, 2.45) is 10.8 Å². The number of hydrogen-bond donors (Lipinski definition) is 0. The molecule has 0 radical (unpaired) electrons. The van der Waals surface area contributed by atoms with Crippen LogP contribution in [0.25, 0.3) is 0 Å². The predicted octanol–water partition coefficient (Wildman–Crippen LogP) is 8.03. The summed E-state index contributed by atoms with van der Waals surface area (Å²) >= 11 is 0. The Kier molecular flexibility index (Phi) is 18.2. The average Bonchev–Trinajstić information content (AvgIpc) is 3.30. The summed E-state index contributed by atoms with van der Waals surface area (Å²) in [4.78, 5) is 27.2. The molecule has 2 fully saturated rings. The van der Waals surface area contributed by atoms with Crippen LogP contribution in [0.5, 0.6) is 0 Å². The van der Waals surface area contributed by atoms with E-state index in [1.807, 2.05) is 128 Å². The van der Waals surface area contributed by atoms with E-state index in [1.54, 1.807) is 41.5 Å². The van der Waals surface area contributed by atoms with Gasteiger partial charge < -0.3 is 42.6 Å². The van der Waals surface area contributed by atoms with Gasteiger partial charge in [-0.2, -0.15) is 0 Å². The molecule has 4 unspecified atom stereocenters. The Morgan fingerprint density at radius 1 is 0.578 bits per heavy atom. The Balaban J connectivity index is 0.00000265. The van der Waals surface area contributed by atoms with E-state index in [0.717, 1.165) is 22.3 Å². The molecule has 0 aromatic heterocycles. The van der Waals surface area contributed by atoms with E-state index in [1.165, 1.54) is 0 Å². The minimum Gasteiger partial charge on any atom is -0.457 e. The third kappa shape index (κ3) is 14.7. The summed E-state index contributed by atoms with van der Waals surface area (Å²) in [5, 5.41) is 0. The molecule has 344 valence electrons. The maximum absolute atomic E-state index is 13.8. The predicted molar refractivity (Wildman–Crippen MR) is 241 cm³/mol. The zero-order chi connectivity index (χ0) is 47.7. The summed E-state index contributed by atoms with van der Waals surface area (Å²) < 4.78 is 82.1. The SMILES string of the molecule is [2H]B=O.[2H][C@@H]1OC(CO[C@@H]2OC(CC)[C@@H](OCc3ccccc3)[C@H](OCc3ccccc3)C2OC(=O)C(C)(C)C)[C@@H](OCc2ccccc2)[C@H](OCc2ccccc2)C1OC(=O)C(C)(C)C. The van der Waals surface area contributed by atoms with Crippen molar-refractivity contribution >= 4 is 19.6 Å². The molecule has 4 aromatic rings. The summed E-state index contributed by atoms with van der Waals surface area (Å²) in [6.07, 6.45) is -7.66. The third-order valence-electron chi connectivity index (χ3n) is 10.7. The molecule has 12 nitrogen and oxygen atoms in total. The second-order valence-corrected chi connectivity index (χ2v) is 17.9. The van der Waals surface area contributed by atoms with Gasteiger partial charge in [0.1, 0.15) is 30.5 Å². The Bertz CT molecular complexity index is 2040. The van der Waals surface area contributed by atoms with Gasteiger partial charge in [-0.25, -0.2) is 0 Å². The van der Waals surface area contributed by atoms with E-state index >= 15 is 0 Å². The second-order valence-electron chi connectivity index (χ2n) is 17.9. The molecule has 13 heteroatoms.